The Hall–Kier alpha value is -0.350. The van der Waals surface area contributed by atoms with Gasteiger partial charge in [-0.2, -0.15) is 4.31 Å². The van der Waals surface area contributed by atoms with Gasteiger partial charge in [-0.15, -0.1) is 0 Å². The molecule has 0 bridgehead atoms. The average molecular weight is 231 g/mol. The predicted octanol–water partition coefficient (Wildman–Crippen LogP) is 2.01. The van der Waals surface area contributed by atoms with E-state index in [9.17, 15) is 8.42 Å². The van der Waals surface area contributed by atoms with Crippen molar-refractivity contribution in [3.63, 3.8) is 0 Å². The molecule has 0 aromatic heterocycles. The summed E-state index contributed by atoms with van der Waals surface area (Å²) >= 11 is 0. The fraction of sp³-hybridized carbons (Fsp3) is 0.818. The van der Waals surface area contributed by atoms with Gasteiger partial charge in [0, 0.05) is 13.1 Å². The molecule has 0 atom stereocenters. The molecule has 1 rings (SSSR count). The van der Waals surface area contributed by atoms with E-state index in [0.717, 1.165) is 6.42 Å². The van der Waals surface area contributed by atoms with Crippen molar-refractivity contribution in [2.45, 2.75) is 39.4 Å². The minimum absolute atomic E-state index is 0.313. The molecule has 0 aromatic carbocycles. The lowest BCUT2D eigenvalue weighted by Crippen LogP contribution is -2.39. The maximum Gasteiger partial charge on any atom is 0.216 e. The summed E-state index contributed by atoms with van der Waals surface area (Å²) in [5, 5.41) is -0.313. The Labute approximate surface area is 93.2 Å². The van der Waals surface area contributed by atoms with Gasteiger partial charge in [0.05, 0.1) is 5.25 Å². The lowest BCUT2D eigenvalue weighted by molar-refractivity contribution is 0.416. The third-order valence-electron chi connectivity index (χ3n) is 2.90. The minimum atomic E-state index is -3.06. The normalized spacial score (nSPS) is 19.7. The van der Waals surface area contributed by atoms with Crippen molar-refractivity contribution in [2.75, 3.05) is 13.1 Å². The first kappa shape index (κ1) is 12.7. The summed E-state index contributed by atoms with van der Waals surface area (Å²) in [4.78, 5) is 0. The molecular formula is C11H21NO2S. The Morgan fingerprint density at radius 3 is 2.20 bits per heavy atom. The van der Waals surface area contributed by atoms with Crippen molar-refractivity contribution in [1.29, 1.82) is 0 Å². The number of rotatable bonds is 3. The molecule has 3 nitrogen and oxygen atoms in total. The van der Waals surface area contributed by atoms with Crippen LogP contribution in [0.4, 0.5) is 0 Å². The highest BCUT2D eigenvalue weighted by Crippen LogP contribution is 2.21. The van der Waals surface area contributed by atoms with E-state index < -0.39 is 10.0 Å². The lowest BCUT2D eigenvalue weighted by atomic mass is 9.98. The highest BCUT2D eigenvalue weighted by atomic mass is 32.2. The molecule has 15 heavy (non-hydrogen) atoms. The van der Waals surface area contributed by atoms with E-state index in [2.05, 4.69) is 19.9 Å². The van der Waals surface area contributed by atoms with Gasteiger partial charge in [0.2, 0.25) is 10.0 Å². The molecule has 0 unspecified atom stereocenters. The standard InChI is InChI=1S/C11H21NO2S/c1-9(2)11-5-7-12(8-6-11)15(13,14)10(3)4/h5,9-10H,6-8H2,1-4H3. The average Bonchev–Trinajstić information content (AvgIpc) is 2.17. The molecular weight excluding hydrogens is 210 g/mol. The zero-order chi connectivity index (χ0) is 11.6. The molecule has 0 spiro atoms. The van der Waals surface area contributed by atoms with E-state index >= 15 is 0 Å². The second kappa shape index (κ2) is 4.66. The van der Waals surface area contributed by atoms with Crippen LogP contribution >= 0.6 is 0 Å². The molecule has 4 heteroatoms. The van der Waals surface area contributed by atoms with Crippen LogP contribution in [0.15, 0.2) is 11.6 Å². The number of sulfonamides is 1. The van der Waals surface area contributed by atoms with E-state index in [1.54, 1.807) is 18.2 Å². The van der Waals surface area contributed by atoms with Crippen molar-refractivity contribution in [2.24, 2.45) is 5.92 Å². The molecule has 1 aliphatic rings. The fourth-order valence-corrected chi connectivity index (χ4v) is 2.94. The molecule has 88 valence electrons. The van der Waals surface area contributed by atoms with Crippen molar-refractivity contribution in [1.82, 2.24) is 4.31 Å². The van der Waals surface area contributed by atoms with Crippen molar-refractivity contribution in [3.8, 4) is 0 Å². The fourth-order valence-electron chi connectivity index (χ4n) is 1.72. The van der Waals surface area contributed by atoms with E-state index in [-0.39, 0.29) is 5.25 Å². The Morgan fingerprint density at radius 2 is 1.87 bits per heavy atom. The van der Waals surface area contributed by atoms with Crippen LogP contribution in [-0.4, -0.2) is 31.1 Å². The van der Waals surface area contributed by atoms with Crippen LogP contribution in [0.3, 0.4) is 0 Å². The molecule has 1 heterocycles. The minimum Gasteiger partial charge on any atom is -0.212 e. The summed E-state index contributed by atoms with van der Waals surface area (Å²) < 4.78 is 25.3. The van der Waals surface area contributed by atoms with Gasteiger partial charge < -0.3 is 0 Å². The van der Waals surface area contributed by atoms with Gasteiger partial charge in [-0.1, -0.05) is 25.5 Å². The van der Waals surface area contributed by atoms with Crippen LogP contribution in [0.5, 0.6) is 0 Å². The van der Waals surface area contributed by atoms with Gasteiger partial charge in [-0.25, -0.2) is 8.42 Å². The highest BCUT2D eigenvalue weighted by molar-refractivity contribution is 7.89. The number of hydrogen-bond acceptors (Lipinski definition) is 2. The summed E-state index contributed by atoms with van der Waals surface area (Å²) in [6, 6.07) is 0. The Kier molecular flexibility index (Phi) is 3.95. The van der Waals surface area contributed by atoms with Crippen LogP contribution < -0.4 is 0 Å². The summed E-state index contributed by atoms with van der Waals surface area (Å²) in [7, 11) is -3.06. The third-order valence-corrected chi connectivity index (χ3v) is 5.15. The van der Waals surface area contributed by atoms with E-state index in [0.29, 0.717) is 19.0 Å². The molecule has 0 aliphatic carbocycles. The molecule has 1 aliphatic heterocycles. The molecule has 0 radical (unpaired) electrons. The lowest BCUT2D eigenvalue weighted by Gasteiger charge is -2.28. The smallest absolute Gasteiger partial charge is 0.212 e. The quantitative estimate of drug-likeness (QED) is 0.697. The maximum absolute atomic E-state index is 11.9. The Balaban J connectivity index is 2.74. The predicted molar refractivity (Wildman–Crippen MR) is 63.2 cm³/mol. The molecule has 0 amide bonds. The van der Waals surface area contributed by atoms with E-state index in [1.807, 2.05) is 0 Å². The molecule has 0 saturated carbocycles. The monoisotopic (exact) mass is 231 g/mol. The SMILES string of the molecule is CC(C)C1=CCN(S(=O)(=O)C(C)C)CC1. The highest BCUT2D eigenvalue weighted by Gasteiger charge is 2.27. The molecule has 0 aromatic rings. The summed E-state index contributed by atoms with van der Waals surface area (Å²) in [6.45, 7) is 8.96. The first-order valence-electron chi connectivity index (χ1n) is 5.53. The zero-order valence-corrected chi connectivity index (χ0v) is 10.8. The molecule has 0 N–H and O–H groups in total. The van der Waals surface area contributed by atoms with Crippen molar-refractivity contribution < 1.29 is 8.42 Å². The molecule has 0 saturated heterocycles. The second-order valence-corrected chi connectivity index (χ2v) is 7.12. The van der Waals surface area contributed by atoms with Crippen molar-refractivity contribution >= 4 is 10.0 Å². The van der Waals surface area contributed by atoms with Gasteiger partial charge in [0.15, 0.2) is 0 Å². The second-order valence-electron chi connectivity index (χ2n) is 4.64. The van der Waals surface area contributed by atoms with Crippen molar-refractivity contribution in [3.05, 3.63) is 11.6 Å². The Bertz CT molecular complexity index is 342. The van der Waals surface area contributed by atoms with Gasteiger partial charge >= 0.3 is 0 Å². The van der Waals surface area contributed by atoms with Gasteiger partial charge in [0.25, 0.3) is 0 Å². The van der Waals surface area contributed by atoms with Crippen LogP contribution in [-0.2, 0) is 10.0 Å². The van der Waals surface area contributed by atoms with Crippen LogP contribution in [0.1, 0.15) is 34.1 Å². The topological polar surface area (TPSA) is 37.4 Å². The first-order chi connectivity index (χ1) is 6.85. The number of nitrogens with zero attached hydrogens (tertiary/aromatic N) is 1. The summed E-state index contributed by atoms with van der Waals surface area (Å²) in [6.07, 6.45) is 2.94. The number of hydrogen-bond donors (Lipinski definition) is 0. The third kappa shape index (κ3) is 2.82. The Morgan fingerprint density at radius 1 is 1.27 bits per heavy atom. The molecule has 0 fully saturated rings. The van der Waals surface area contributed by atoms with E-state index in [1.165, 1.54) is 5.57 Å². The van der Waals surface area contributed by atoms with Crippen LogP contribution in [0.2, 0.25) is 0 Å². The van der Waals surface area contributed by atoms with Crippen LogP contribution in [0.25, 0.3) is 0 Å². The summed E-state index contributed by atoms with van der Waals surface area (Å²) in [5.41, 5.74) is 1.38. The van der Waals surface area contributed by atoms with Crippen LogP contribution in [0, 0.1) is 5.92 Å². The summed E-state index contributed by atoms with van der Waals surface area (Å²) in [5.74, 6) is 0.536. The van der Waals surface area contributed by atoms with Gasteiger partial charge in [-0.3, -0.25) is 0 Å². The maximum atomic E-state index is 11.9. The zero-order valence-electron chi connectivity index (χ0n) is 10.0. The van der Waals surface area contributed by atoms with Gasteiger partial charge in [-0.05, 0) is 26.2 Å². The first-order valence-corrected chi connectivity index (χ1v) is 7.04. The van der Waals surface area contributed by atoms with E-state index in [4.69, 9.17) is 0 Å². The van der Waals surface area contributed by atoms with Gasteiger partial charge in [0.1, 0.15) is 0 Å². The largest absolute Gasteiger partial charge is 0.216 e.